The highest BCUT2D eigenvalue weighted by molar-refractivity contribution is 5.94. The molecule has 7 nitrogen and oxygen atoms in total. The first kappa shape index (κ1) is 27.6. The van der Waals surface area contributed by atoms with Gasteiger partial charge in [-0.15, -0.1) is 0 Å². The molecule has 0 saturated carbocycles. The summed E-state index contributed by atoms with van der Waals surface area (Å²) in [6.45, 7) is 13.0. The van der Waals surface area contributed by atoms with E-state index in [0.717, 1.165) is 28.2 Å². The van der Waals surface area contributed by atoms with Crippen molar-refractivity contribution in [2.24, 2.45) is 10.7 Å². The van der Waals surface area contributed by atoms with E-state index in [9.17, 15) is 4.79 Å². The van der Waals surface area contributed by atoms with Crippen LogP contribution in [-0.4, -0.2) is 39.0 Å². The quantitative estimate of drug-likeness (QED) is 0.305. The Morgan fingerprint density at radius 1 is 1.34 bits per heavy atom. The van der Waals surface area contributed by atoms with Gasteiger partial charge in [0, 0.05) is 61.8 Å². The number of carbonyl (C=O) groups is 1. The number of benzene rings is 1. The van der Waals surface area contributed by atoms with Gasteiger partial charge in [0.1, 0.15) is 17.4 Å². The molecule has 1 fully saturated rings. The van der Waals surface area contributed by atoms with Crippen LogP contribution >= 0.6 is 0 Å². The van der Waals surface area contributed by atoms with Crippen LogP contribution in [0.1, 0.15) is 42.6 Å². The Labute approximate surface area is 207 Å². The van der Waals surface area contributed by atoms with Crippen LogP contribution in [0.2, 0.25) is 0 Å². The number of nitrogens with two attached hydrogens (primary N) is 1. The predicted molar refractivity (Wildman–Crippen MR) is 138 cm³/mol. The van der Waals surface area contributed by atoms with Crippen LogP contribution in [0.3, 0.4) is 0 Å². The summed E-state index contributed by atoms with van der Waals surface area (Å²) < 4.78 is 25.9. The first-order valence-electron chi connectivity index (χ1n) is 11.4. The fourth-order valence-corrected chi connectivity index (χ4v) is 3.56. The Hall–Kier alpha value is -3.65. The van der Waals surface area contributed by atoms with Gasteiger partial charge in [0.25, 0.3) is 5.91 Å². The van der Waals surface area contributed by atoms with Gasteiger partial charge in [0.05, 0.1) is 12.2 Å². The summed E-state index contributed by atoms with van der Waals surface area (Å²) in [4.78, 5) is 16.3. The summed E-state index contributed by atoms with van der Waals surface area (Å²) in [5.74, 6) is -0.0285. The average Bonchev–Trinajstić information content (AvgIpc) is 3.30. The molecule has 0 radical (unpaired) electrons. The first-order chi connectivity index (χ1) is 16.8. The van der Waals surface area contributed by atoms with Crippen LogP contribution < -0.4 is 16.4 Å². The van der Waals surface area contributed by atoms with E-state index in [2.05, 4.69) is 28.8 Å². The van der Waals surface area contributed by atoms with Gasteiger partial charge in [-0.3, -0.25) is 4.79 Å². The molecule has 1 aromatic rings. The molecule has 0 spiro atoms. The van der Waals surface area contributed by atoms with E-state index in [1.807, 2.05) is 19.9 Å². The second kappa shape index (κ2) is 13.9. The molecule has 1 heterocycles. The van der Waals surface area contributed by atoms with Crippen molar-refractivity contribution >= 4 is 12.1 Å². The second-order valence-electron chi connectivity index (χ2n) is 8.00. The highest BCUT2D eigenvalue weighted by atomic mass is 19.1. The van der Waals surface area contributed by atoms with Crippen LogP contribution in [0.25, 0.3) is 0 Å². The fraction of sp³-hybridized carbons (Fsp3) is 0.333. The van der Waals surface area contributed by atoms with E-state index in [4.69, 9.17) is 15.2 Å². The van der Waals surface area contributed by atoms with Gasteiger partial charge >= 0.3 is 0 Å². The molecule has 4 N–H and O–H groups in total. The smallest absolute Gasteiger partial charge is 0.254 e. The molecular weight excluding hydrogens is 447 g/mol. The predicted octanol–water partition coefficient (Wildman–Crippen LogP) is 4.26. The van der Waals surface area contributed by atoms with Crippen LogP contribution in [0.4, 0.5) is 4.39 Å². The summed E-state index contributed by atoms with van der Waals surface area (Å²) in [6, 6.07) is 4.82. The lowest BCUT2D eigenvalue weighted by molar-refractivity contribution is 0.0944. The lowest BCUT2D eigenvalue weighted by Crippen LogP contribution is -2.26. The number of ether oxygens (including phenoxy) is 2. The number of amides is 1. The van der Waals surface area contributed by atoms with Gasteiger partial charge in [0.15, 0.2) is 0 Å². The third kappa shape index (κ3) is 7.96. The fourth-order valence-electron chi connectivity index (χ4n) is 3.56. The molecule has 8 heteroatoms. The molecule has 0 bridgehead atoms. The van der Waals surface area contributed by atoms with Gasteiger partial charge in [-0.1, -0.05) is 31.4 Å². The Balaban J connectivity index is 2.20. The van der Waals surface area contributed by atoms with Gasteiger partial charge in [-0.05, 0) is 38.0 Å². The zero-order chi connectivity index (χ0) is 25.8. The molecule has 1 aliphatic heterocycles. The SMILES string of the molecule is C=CC(=C1/OCC/C1=C(/C)NCc1cccc(C(=O)NCCCOC)c1F)/C(C)=C/C=N\C(=C)N. The van der Waals surface area contributed by atoms with Crippen LogP contribution in [0, 0.1) is 5.82 Å². The zero-order valence-electron chi connectivity index (χ0n) is 20.7. The standard InChI is InChI=1S/C27H35FN4O3/c1-6-22(18(2)11-14-30-20(4)29)26-23(12-16-35-26)19(3)32-17-21-9-7-10-24(25(21)28)27(33)31-13-8-15-34-5/h6-7,9-11,14,32H,1,4,8,12-13,15-17,29H2,2-3,5H3,(H,31,33)/b18-11+,23-19+,26-22-,30-14-. The molecular formula is C27H35FN4O3. The number of carbonyl (C=O) groups excluding carboxylic acids is 1. The number of nitrogens with one attached hydrogen (secondary N) is 2. The topological polar surface area (TPSA) is 98.0 Å². The molecule has 1 aromatic carbocycles. The number of hydrogen-bond donors (Lipinski definition) is 3. The van der Waals surface area contributed by atoms with E-state index in [-0.39, 0.29) is 17.9 Å². The Morgan fingerprint density at radius 3 is 2.80 bits per heavy atom. The number of halogens is 1. The number of rotatable bonds is 12. The summed E-state index contributed by atoms with van der Waals surface area (Å²) in [7, 11) is 1.59. The van der Waals surface area contributed by atoms with E-state index >= 15 is 4.39 Å². The second-order valence-corrected chi connectivity index (χ2v) is 8.00. The maximum atomic E-state index is 15.0. The van der Waals surface area contributed by atoms with Gasteiger partial charge < -0.3 is 25.8 Å². The molecule has 1 aliphatic rings. The minimum Gasteiger partial charge on any atom is -0.492 e. The van der Waals surface area contributed by atoms with Crippen LogP contribution in [0.5, 0.6) is 0 Å². The molecule has 0 aromatic heterocycles. The minimum atomic E-state index is -0.535. The molecule has 188 valence electrons. The van der Waals surface area contributed by atoms with Crippen molar-refractivity contribution in [3.63, 3.8) is 0 Å². The van der Waals surface area contributed by atoms with Gasteiger partial charge in [0.2, 0.25) is 0 Å². The maximum absolute atomic E-state index is 15.0. The maximum Gasteiger partial charge on any atom is 0.254 e. The van der Waals surface area contributed by atoms with Crippen molar-refractivity contribution in [3.8, 4) is 0 Å². The summed E-state index contributed by atoms with van der Waals surface area (Å²) in [5.41, 5.74) is 9.49. The normalized spacial score (nSPS) is 16.6. The molecule has 1 amide bonds. The average molecular weight is 483 g/mol. The largest absolute Gasteiger partial charge is 0.492 e. The van der Waals surface area contributed by atoms with Crippen molar-refractivity contribution in [3.05, 3.63) is 94.4 Å². The van der Waals surface area contributed by atoms with Crippen LogP contribution in [0.15, 0.2) is 82.5 Å². The van der Waals surface area contributed by atoms with Crippen molar-refractivity contribution in [2.45, 2.75) is 33.2 Å². The van der Waals surface area contributed by atoms with Crippen molar-refractivity contribution < 1.29 is 18.7 Å². The van der Waals surface area contributed by atoms with Crippen molar-refractivity contribution in [1.82, 2.24) is 10.6 Å². The third-order valence-corrected chi connectivity index (χ3v) is 5.44. The lowest BCUT2D eigenvalue weighted by atomic mass is 10.0. The lowest BCUT2D eigenvalue weighted by Gasteiger charge is -2.14. The highest BCUT2D eigenvalue weighted by Crippen LogP contribution is 2.32. The Kier molecular flexibility index (Phi) is 11.0. The molecule has 35 heavy (non-hydrogen) atoms. The third-order valence-electron chi connectivity index (χ3n) is 5.44. The monoisotopic (exact) mass is 482 g/mol. The van der Waals surface area contributed by atoms with Crippen molar-refractivity contribution in [1.29, 1.82) is 0 Å². The zero-order valence-corrected chi connectivity index (χ0v) is 20.7. The summed E-state index contributed by atoms with van der Waals surface area (Å²) in [5, 5.41) is 6.00. The molecule has 0 aliphatic carbocycles. The van der Waals surface area contributed by atoms with E-state index in [1.54, 1.807) is 31.5 Å². The Morgan fingerprint density at radius 2 is 2.11 bits per heavy atom. The Bertz CT molecular complexity index is 1070. The molecule has 2 rings (SSSR count). The first-order valence-corrected chi connectivity index (χ1v) is 11.4. The minimum absolute atomic E-state index is 0.0216. The summed E-state index contributed by atoms with van der Waals surface area (Å²) in [6.07, 6.45) is 6.49. The van der Waals surface area contributed by atoms with Crippen molar-refractivity contribution in [2.75, 3.05) is 26.9 Å². The van der Waals surface area contributed by atoms with Gasteiger partial charge in [-0.25, -0.2) is 9.38 Å². The number of allylic oxidation sites excluding steroid dienone is 6. The van der Waals surface area contributed by atoms with E-state index in [0.29, 0.717) is 38.2 Å². The van der Waals surface area contributed by atoms with Gasteiger partial charge in [-0.2, -0.15) is 0 Å². The highest BCUT2D eigenvalue weighted by Gasteiger charge is 2.22. The van der Waals surface area contributed by atoms with Crippen LogP contribution in [-0.2, 0) is 16.0 Å². The number of nitrogens with zero attached hydrogens (tertiary/aromatic N) is 1. The molecule has 0 atom stereocenters. The number of methoxy groups -OCH3 is 1. The van der Waals surface area contributed by atoms with E-state index < -0.39 is 11.7 Å². The van der Waals surface area contributed by atoms with E-state index in [1.165, 1.54) is 6.07 Å². The summed E-state index contributed by atoms with van der Waals surface area (Å²) >= 11 is 0. The number of hydrogen-bond acceptors (Lipinski definition) is 6. The number of aliphatic imine (C=N–C) groups is 1. The molecule has 1 saturated heterocycles. The molecule has 0 unspecified atom stereocenters.